The number of ether oxygens (including phenoxy) is 2. The first kappa shape index (κ1) is 14.8. The van der Waals surface area contributed by atoms with E-state index in [1.165, 1.54) is 5.39 Å². The molecule has 0 heterocycles. The Morgan fingerprint density at radius 1 is 1.05 bits per heavy atom. The SMILES string of the molecule is CCC(N)COCCCOc1cccc2ccccc12. The Morgan fingerprint density at radius 2 is 1.85 bits per heavy atom. The molecule has 2 rings (SSSR count). The molecule has 0 amide bonds. The highest BCUT2D eigenvalue weighted by atomic mass is 16.5. The lowest BCUT2D eigenvalue weighted by molar-refractivity contribution is 0.107. The molecule has 0 radical (unpaired) electrons. The lowest BCUT2D eigenvalue weighted by atomic mass is 10.1. The highest BCUT2D eigenvalue weighted by Crippen LogP contribution is 2.25. The van der Waals surface area contributed by atoms with E-state index in [1.54, 1.807) is 0 Å². The molecular formula is C17H23NO2. The predicted molar refractivity (Wildman–Crippen MR) is 83.1 cm³/mol. The van der Waals surface area contributed by atoms with Gasteiger partial charge in [0.2, 0.25) is 0 Å². The number of benzene rings is 2. The molecule has 108 valence electrons. The fourth-order valence-electron chi connectivity index (χ4n) is 2.02. The summed E-state index contributed by atoms with van der Waals surface area (Å²) in [6.07, 6.45) is 1.83. The minimum atomic E-state index is 0.147. The standard InChI is InChI=1S/C17H23NO2/c1-2-15(18)13-19-11-6-12-20-17-10-5-8-14-7-3-4-9-16(14)17/h3-5,7-10,15H,2,6,11-13,18H2,1H3. The van der Waals surface area contributed by atoms with E-state index in [0.717, 1.165) is 24.0 Å². The van der Waals surface area contributed by atoms with Crippen LogP contribution in [-0.4, -0.2) is 25.9 Å². The van der Waals surface area contributed by atoms with E-state index in [9.17, 15) is 0 Å². The smallest absolute Gasteiger partial charge is 0.127 e. The highest BCUT2D eigenvalue weighted by molar-refractivity contribution is 5.88. The Bertz CT molecular complexity index is 522. The molecule has 3 heteroatoms. The van der Waals surface area contributed by atoms with Crippen LogP contribution in [0.1, 0.15) is 19.8 Å². The van der Waals surface area contributed by atoms with E-state index in [0.29, 0.717) is 19.8 Å². The van der Waals surface area contributed by atoms with Crippen molar-refractivity contribution in [2.45, 2.75) is 25.8 Å². The molecular weight excluding hydrogens is 250 g/mol. The van der Waals surface area contributed by atoms with Crippen molar-refractivity contribution in [1.29, 1.82) is 0 Å². The van der Waals surface area contributed by atoms with Crippen LogP contribution in [0.15, 0.2) is 42.5 Å². The van der Waals surface area contributed by atoms with Crippen LogP contribution >= 0.6 is 0 Å². The van der Waals surface area contributed by atoms with Gasteiger partial charge in [0.05, 0.1) is 13.2 Å². The summed E-state index contributed by atoms with van der Waals surface area (Å²) in [6.45, 7) is 4.05. The second-order valence-corrected chi connectivity index (χ2v) is 4.92. The molecule has 2 aromatic carbocycles. The number of hydrogen-bond donors (Lipinski definition) is 1. The fourth-order valence-corrected chi connectivity index (χ4v) is 2.02. The Hall–Kier alpha value is -1.58. The van der Waals surface area contributed by atoms with E-state index in [-0.39, 0.29) is 6.04 Å². The van der Waals surface area contributed by atoms with Gasteiger partial charge in [0, 0.05) is 24.5 Å². The van der Waals surface area contributed by atoms with Gasteiger partial charge in [0.1, 0.15) is 5.75 Å². The highest BCUT2D eigenvalue weighted by Gasteiger charge is 2.01. The molecule has 0 spiro atoms. The Kier molecular flexibility index (Phi) is 5.84. The molecule has 0 saturated heterocycles. The molecule has 0 aliphatic rings. The van der Waals surface area contributed by atoms with Gasteiger partial charge in [0.15, 0.2) is 0 Å². The van der Waals surface area contributed by atoms with Gasteiger partial charge in [-0.3, -0.25) is 0 Å². The van der Waals surface area contributed by atoms with Crippen LogP contribution in [0.3, 0.4) is 0 Å². The third-order valence-corrected chi connectivity index (χ3v) is 3.30. The number of rotatable bonds is 8. The van der Waals surface area contributed by atoms with E-state index in [4.69, 9.17) is 15.2 Å². The number of nitrogens with two attached hydrogens (primary N) is 1. The maximum atomic E-state index is 5.84. The Labute approximate surface area is 120 Å². The van der Waals surface area contributed by atoms with Crippen LogP contribution in [-0.2, 0) is 4.74 Å². The first-order valence-electron chi connectivity index (χ1n) is 7.25. The van der Waals surface area contributed by atoms with Gasteiger partial charge in [-0.2, -0.15) is 0 Å². The van der Waals surface area contributed by atoms with E-state index in [2.05, 4.69) is 25.1 Å². The van der Waals surface area contributed by atoms with Crippen LogP contribution in [0.5, 0.6) is 5.75 Å². The van der Waals surface area contributed by atoms with Crippen LogP contribution in [0.25, 0.3) is 10.8 Å². The van der Waals surface area contributed by atoms with Crippen molar-refractivity contribution in [2.24, 2.45) is 5.73 Å². The van der Waals surface area contributed by atoms with Gasteiger partial charge in [-0.15, -0.1) is 0 Å². The first-order chi connectivity index (χ1) is 9.81. The van der Waals surface area contributed by atoms with Gasteiger partial charge < -0.3 is 15.2 Å². The zero-order valence-electron chi connectivity index (χ0n) is 12.0. The average molecular weight is 273 g/mol. The fraction of sp³-hybridized carbons (Fsp3) is 0.412. The number of fused-ring (bicyclic) bond motifs is 1. The topological polar surface area (TPSA) is 44.5 Å². The van der Waals surface area contributed by atoms with Crippen molar-refractivity contribution in [3.05, 3.63) is 42.5 Å². The molecule has 2 N–H and O–H groups in total. The largest absolute Gasteiger partial charge is 0.493 e. The first-order valence-corrected chi connectivity index (χ1v) is 7.25. The van der Waals surface area contributed by atoms with Crippen LogP contribution < -0.4 is 10.5 Å². The molecule has 0 bridgehead atoms. The van der Waals surface area contributed by atoms with Crippen molar-refractivity contribution in [3.8, 4) is 5.75 Å². The van der Waals surface area contributed by atoms with Crippen molar-refractivity contribution in [3.63, 3.8) is 0 Å². The Morgan fingerprint density at radius 3 is 2.70 bits per heavy atom. The quantitative estimate of drug-likeness (QED) is 0.750. The van der Waals surface area contributed by atoms with Gasteiger partial charge in [-0.05, 0) is 17.9 Å². The maximum absolute atomic E-state index is 5.84. The monoisotopic (exact) mass is 273 g/mol. The minimum absolute atomic E-state index is 0.147. The molecule has 1 unspecified atom stereocenters. The second kappa shape index (κ2) is 7.88. The van der Waals surface area contributed by atoms with Crippen molar-refractivity contribution < 1.29 is 9.47 Å². The summed E-state index contributed by atoms with van der Waals surface area (Å²) in [7, 11) is 0. The Balaban J connectivity index is 1.76. The molecule has 20 heavy (non-hydrogen) atoms. The van der Waals surface area contributed by atoms with Crippen LogP contribution in [0.4, 0.5) is 0 Å². The second-order valence-electron chi connectivity index (χ2n) is 4.92. The zero-order valence-corrected chi connectivity index (χ0v) is 12.0. The molecule has 0 aliphatic carbocycles. The third-order valence-electron chi connectivity index (χ3n) is 3.30. The van der Waals surface area contributed by atoms with Crippen molar-refractivity contribution >= 4 is 10.8 Å². The lowest BCUT2D eigenvalue weighted by Crippen LogP contribution is -2.25. The summed E-state index contributed by atoms with van der Waals surface area (Å²) < 4.78 is 11.3. The van der Waals surface area contributed by atoms with E-state index in [1.807, 2.05) is 24.3 Å². The summed E-state index contributed by atoms with van der Waals surface area (Å²) in [5.41, 5.74) is 5.78. The molecule has 0 aliphatic heterocycles. The third kappa shape index (κ3) is 4.22. The predicted octanol–water partition coefficient (Wildman–Crippen LogP) is 3.36. The molecule has 0 fully saturated rings. The molecule has 1 atom stereocenters. The van der Waals surface area contributed by atoms with E-state index < -0.39 is 0 Å². The van der Waals surface area contributed by atoms with Gasteiger partial charge in [-0.1, -0.05) is 43.3 Å². The summed E-state index contributed by atoms with van der Waals surface area (Å²) in [4.78, 5) is 0. The molecule has 3 nitrogen and oxygen atoms in total. The van der Waals surface area contributed by atoms with Gasteiger partial charge in [-0.25, -0.2) is 0 Å². The molecule has 0 aromatic heterocycles. The molecule has 0 saturated carbocycles. The number of hydrogen-bond acceptors (Lipinski definition) is 3. The minimum Gasteiger partial charge on any atom is -0.493 e. The van der Waals surface area contributed by atoms with Crippen LogP contribution in [0.2, 0.25) is 0 Å². The lowest BCUT2D eigenvalue weighted by Gasteiger charge is -2.11. The average Bonchev–Trinajstić information content (AvgIpc) is 2.50. The van der Waals surface area contributed by atoms with Crippen molar-refractivity contribution in [1.82, 2.24) is 0 Å². The summed E-state index contributed by atoms with van der Waals surface area (Å²) in [5, 5.41) is 2.36. The van der Waals surface area contributed by atoms with Crippen LogP contribution in [0, 0.1) is 0 Å². The zero-order chi connectivity index (χ0) is 14.2. The van der Waals surface area contributed by atoms with Gasteiger partial charge in [0.25, 0.3) is 0 Å². The normalized spacial score (nSPS) is 12.5. The maximum Gasteiger partial charge on any atom is 0.127 e. The summed E-state index contributed by atoms with van der Waals surface area (Å²) in [5.74, 6) is 0.938. The summed E-state index contributed by atoms with van der Waals surface area (Å²) >= 11 is 0. The van der Waals surface area contributed by atoms with Gasteiger partial charge >= 0.3 is 0 Å². The van der Waals surface area contributed by atoms with Crippen molar-refractivity contribution in [2.75, 3.05) is 19.8 Å². The molecule has 2 aromatic rings. The van der Waals surface area contributed by atoms with E-state index >= 15 is 0 Å². The summed E-state index contributed by atoms with van der Waals surface area (Å²) in [6, 6.07) is 14.5.